The van der Waals surface area contributed by atoms with E-state index in [1.807, 2.05) is 28.8 Å². The molecule has 1 aliphatic heterocycles. The number of esters is 1. The van der Waals surface area contributed by atoms with Crippen molar-refractivity contribution in [3.05, 3.63) is 41.3 Å². The van der Waals surface area contributed by atoms with E-state index in [0.29, 0.717) is 17.5 Å². The molecule has 6 heteroatoms. The van der Waals surface area contributed by atoms with Crippen LogP contribution in [0.2, 0.25) is 5.15 Å². The van der Waals surface area contributed by atoms with Crippen LogP contribution < -0.4 is 0 Å². The minimum absolute atomic E-state index is 0.0294. The maximum Gasteiger partial charge on any atom is 0.330 e. The first-order valence-corrected chi connectivity index (χ1v) is 7.21. The number of hydrogen-bond donors (Lipinski definition) is 0. The average Bonchev–Trinajstić information content (AvgIpc) is 3.10. The van der Waals surface area contributed by atoms with Gasteiger partial charge in [-0.15, -0.1) is 0 Å². The van der Waals surface area contributed by atoms with Crippen LogP contribution in [-0.4, -0.2) is 34.7 Å². The predicted molar refractivity (Wildman–Crippen MR) is 79.2 cm³/mol. The maximum absolute atomic E-state index is 11.7. The molecule has 3 heterocycles. The van der Waals surface area contributed by atoms with Gasteiger partial charge in [-0.1, -0.05) is 17.7 Å². The maximum atomic E-state index is 11.7. The lowest BCUT2D eigenvalue weighted by atomic mass is 10.2. The lowest BCUT2D eigenvalue weighted by Gasteiger charge is -2.08. The van der Waals surface area contributed by atoms with E-state index in [1.165, 1.54) is 6.08 Å². The van der Waals surface area contributed by atoms with Crippen molar-refractivity contribution >= 4 is 29.3 Å². The molecule has 1 fully saturated rings. The Bertz CT molecular complexity index is 675. The van der Waals surface area contributed by atoms with Gasteiger partial charge < -0.3 is 9.47 Å². The summed E-state index contributed by atoms with van der Waals surface area (Å²) in [6.07, 6.45) is 6.80. The van der Waals surface area contributed by atoms with E-state index in [0.717, 1.165) is 25.1 Å². The zero-order valence-corrected chi connectivity index (χ0v) is 12.1. The lowest BCUT2D eigenvalue weighted by molar-refractivity contribution is -0.140. The molecule has 1 saturated heterocycles. The summed E-state index contributed by atoms with van der Waals surface area (Å²) >= 11 is 6.08. The molecule has 0 radical (unpaired) electrons. The summed E-state index contributed by atoms with van der Waals surface area (Å²) in [5, 5.41) is 0.351. The van der Waals surface area contributed by atoms with Crippen LogP contribution in [0.5, 0.6) is 0 Å². The van der Waals surface area contributed by atoms with Crippen molar-refractivity contribution in [1.82, 2.24) is 9.38 Å². The Labute approximate surface area is 127 Å². The molecule has 3 rings (SSSR count). The molecule has 5 nitrogen and oxygen atoms in total. The fraction of sp³-hybridized carbons (Fsp3) is 0.333. The third-order valence-corrected chi connectivity index (χ3v) is 3.61. The number of ether oxygens (including phenoxy) is 2. The van der Waals surface area contributed by atoms with Crippen LogP contribution in [0.15, 0.2) is 30.5 Å². The van der Waals surface area contributed by atoms with E-state index in [-0.39, 0.29) is 6.10 Å². The van der Waals surface area contributed by atoms with Crippen molar-refractivity contribution in [2.24, 2.45) is 0 Å². The monoisotopic (exact) mass is 306 g/mol. The van der Waals surface area contributed by atoms with Gasteiger partial charge in [0.15, 0.2) is 5.15 Å². The van der Waals surface area contributed by atoms with Crippen molar-refractivity contribution < 1.29 is 14.3 Å². The molecule has 0 N–H and O–H groups in total. The van der Waals surface area contributed by atoms with Crippen molar-refractivity contribution in [2.45, 2.75) is 18.9 Å². The van der Waals surface area contributed by atoms with Crippen LogP contribution in [-0.2, 0) is 14.3 Å². The number of fused-ring (bicyclic) bond motifs is 1. The van der Waals surface area contributed by atoms with Crippen LogP contribution in [0.4, 0.5) is 0 Å². The van der Waals surface area contributed by atoms with Gasteiger partial charge in [0.05, 0.1) is 11.8 Å². The fourth-order valence-electron chi connectivity index (χ4n) is 2.28. The van der Waals surface area contributed by atoms with Gasteiger partial charge >= 0.3 is 5.97 Å². The summed E-state index contributed by atoms with van der Waals surface area (Å²) in [6, 6.07) is 5.60. The number of imidazole rings is 1. The number of nitrogens with zero attached hydrogens (tertiary/aromatic N) is 2. The number of pyridine rings is 1. The van der Waals surface area contributed by atoms with Gasteiger partial charge in [0, 0.05) is 18.9 Å². The first-order valence-electron chi connectivity index (χ1n) is 6.83. The molecule has 0 bridgehead atoms. The summed E-state index contributed by atoms with van der Waals surface area (Å²) in [5.74, 6) is -0.410. The van der Waals surface area contributed by atoms with E-state index in [1.54, 1.807) is 6.08 Å². The van der Waals surface area contributed by atoms with Crippen LogP contribution in [0.1, 0.15) is 18.5 Å². The highest BCUT2D eigenvalue weighted by Gasteiger charge is 2.16. The number of halogens is 1. The average molecular weight is 307 g/mol. The van der Waals surface area contributed by atoms with Gasteiger partial charge in [-0.25, -0.2) is 9.78 Å². The second kappa shape index (κ2) is 6.28. The molecule has 0 aromatic carbocycles. The molecule has 21 heavy (non-hydrogen) atoms. The zero-order valence-electron chi connectivity index (χ0n) is 11.4. The van der Waals surface area contributed by atoms with E-state index < -0.39 is 5.97 Å². The Morgan fingerprint density at radius 3 is 3.29 bits per heavy atom. The summed E-state index contributed by atoms with van der Waals surface area (Å²) in [4.78, 5) is 15.9. The van der Waals surface area contributed by atoms with Crippen molar-refractivity contribution in [3.8, 4) is 0 Å². The lowest BCUT2D eigenvalue weighted by Crippen LogP contribution is -2.16. The minimum atomic E-state index is -0.410. The Hall–Kier alpha value is -1.85. The third kappa shape index (κ3) is 3.25. The molecule has 1 atom stereocenters. The Morgan fingerprint density at radius 1 is 1.57 bits per heavy atom. The van der Waals surface area contributed by atoms with Gasteiger partial charge in [-0.3, -0.25) is 4.40 Å². The highest BCUT2D eigenvalue weighted by Crippen LogP contribution is 2.19. The SMILES string of the molecule is O=C(C=Cc1c(Cl)nc2ccccn12)OCC1CCCO1. The topological polar surface area (TPSA) is 52.8 Å². The van der Waals surface area contributed by atoms with Crippen LogP contribution in [0.25, 0.3) is 11.7 Å². The van der Waals surface area contributed by atoms with Crippen LogP contribution in [0.3, 0.4) is 0 Å². The Morgan fingerprint density at radius 2 is 2.48 bits per heavy atom. The molecule has 2 aromatic rings. The second-order valence-corrected chi connectivity index (χ2v) is 5.17. The standard InChI is InChI=1S/C15H15ClN2O3/c16-15-12(18-8-2-1-5-13(18)17-15)6-7-14(19)21-10-11-4-3-9-20-11/h1-2,5-8,11H,3-4,9-10H2. The van der Waals surface area contributed by atoms with E-state index >= 15 is 0 Å². The highest BCUT2D eigenvalue weighted by molar-refractivity contribution is 6.31. The normalized spacial score (nSPS) is 18.6. The first-order chi connectivity index (χ1) is 10.2. The van der Waals surface area contributed by atoms with E-state index in [4.69, 9.17) is 21.1 Å². The number of aromatic nitrogens is 2. The Balaban J connectivity index is 1.66. The predicted octanol–water partition coefficient (Wildman–Crippen LogP) is 2.72. The molecule has 0 saturated carbocycles. The van der Waals surface area contributed by atoms with Crippen molar-refractivity contribution in [3.63, 3.8) is 0 Å². The molecule has 1 unspecified atom stereocenters. The minimum Gasteiger partial charge on any atom is -0.460 e. The fourth-order valence-corrected chi connectivity index (χ4v) is 2.52. The van der Waals surface area contributed by atoms with Gasteiger partial charge in [0.1, 0.15) is 12.3 Å². The molecule has 110 valence electrons. The number of carbonyl (C=O) groups is 1. The number of rotatable bonds is 4. The quantitative estimate of drug-likeness (QED) is 0.644. The Kier molecular flexibility index (Phi) is 4.22. The summed E-state index contributed by atoms with van der Waals surface area (Å²) in [6.45, 7) is 1.04. The van der Waals surface area contributed by atoms with Gasteiger partial charge in [-0.2, -0.15) is 0 Å². The molecule has 2 aromatic heterocycles. The van der Waals surface area contributed by atoms with Crippen LogP contribution in [0, 0.1) is 0 Å². The molecule has 1 aliphatic rings. The highest BCUT2D eigenvalue weighted by atomic mass is 35.5. The molecule has 0 aliphatic carbocycles. The second-order valence-electron chi connectivity index (χ2n) is 4.82. The van der Waals surface area contributed by atoms with Gasteiger partial charge in [0.25, 0.3) is 0 Å². The van der Waals surface area contributed by atoms with Crippen molar-refractivity contribution in [1.29, 1.82) is 0 Å². The third-order valence-electron chi connectivity index (χ3n) is 3.33. The van der Waals surface area contributed by atoms with Gasteiger partial charge in [0.2, 0.25) is 0 Å². The van der Waals surface area contributed by atoms with Crippen LogP contribution >= 0.6 is 11.6 Å². The largest absolute Gasteiger partial charge is 0.460 e. The van der Waals surface area contributed by atoms with Crippen molar-refractivity contribution in [2.75, 3.05) is 13.2 Å². The number of hydrogen-bond acceptors (Lipinski definition) is 4. The van der Waals surface area contributed by atoms with Gasteiger partial charge in [-0.05, 0) is 31.1 Å². The summed E-state index contributed by atoms with van der Waals surface area (Å²) in [7, 11) is 0. The molecular formula is C15H15ClN2O3. The summed E-state index contributed by atoms with van der Waals surface area (Å²) < 4.78 is 12.4. The molecular weight excluding hydrogens is 292 g/mol. The smallest absolute Gasteiger partial charge is 0.330 e. The molecule has 0 amide bonds. The number of carbonyl (C=O) groups excluding carboxylic acids is 1. The summed E-state index contributed by atoms with van der Waals surface area (Å²) in [5.41, 5.74) is 1.39. The molecule has 0 spiro atoms. The van der Waals surface area contributed by atoms with E-state index in [9.17, 15) is 4.79 Å². The zero-order chi connectivity index (χ0) is 14.7. The van der Waals surface area contributed by atoms with E-state index in [2.05, 4.69) is 4.98 Å². The first kappa shape index (κ1) is 14.1.